The standard InChI is InChI=1S/C23H26N4O7SSe/c24-16(23(33)34)10-11-19(28)27-17(22(32)25-12-20(29)30)13-35-36-18-9-5-4-8-15(18)21(31)26-14-6-2-1-3-7-14/h1-9,16-17H,10-13,24H2,(H,25,32)(H,26,31)(H,27,28)(H,29,30)(H,33,34)/t16-,17-/m1/s1. The van der Waals surface area contributed by atoms with Crippen LogP contribution in [0, 0.1) is 0 Å². The van der Waals surface area contributed by atoms with Gasteiger partial charge >= 0.3 is 217 Å². The van der Waals surface area contributed by atoms with Crippen LogP contribution in [0.5, 0.6) is 0 Å². The second-order valence-electron chi connectivity index (χ2n) is 7.40. The van der Waals surface area contributed by atoms with Crippen LogP contribution >= 0.6 is 10.2 Å². The second kappa shape index (κ2) is 14.9. The molecule has 2 aromatic carbocycles. The molecule has 2 rings (SSSR count). The summed E-state index contributed by atoms with van der Waals surface area (Å²) in [7, 11) is 1.33. The Morgan fingerprint density at radius 1 is 0.972 bits per heavy atom. The number of para-hydroxylation sites is 1. The number of benzene rings is 2. The first-order valence-corrected chi connectivity index (χ1v) is 14.6. The molecular weight excluding hydrogens is 555 g/mol. The first kappa shape index (κ1) is 28.9. The predicted octanol–water partition coefficient (Wildman–Crippen LogP) is -0.206. The van der Waals surface area contributed by atoms with Crippen LogP contribution in [0.3, 0.4) is 0 Å². The number of anilines is 1. The van der Waals surface area contributed by atoms with Gasteiger partial charge < -0.3 is 0 Å². The fourth-order valence-corrected chi connectivity index (χ4v) is 6.97. The van der Waals surface area contributed by atoms with Crippen molar-refractivity contribution < 1.29 is 34.2 Å². The van der Waals surface area contributed by atoms with Crippen LogP contribution in [0.15, 0.2) is 54.6 Å². The van der Waals surface area contributed by atoms with E-state index in [1.807, 2.05) is 6.07 Å². The average molecular weight is 582 g/mol. The molecule has 0 aliphatic heterocycles. The summed E-state index contributed by atoms with van der Waals surface area (Å²) in [4.78, 5) is 59.2. The molecule has 0 heterocycles. The first-order valence-electron chi connectivity index (χ1n) is 10.7. The Morgan fingerprint density at radius 2 is 1.64 bits per heavy atom. The van der Waals surface area contributed by atoms with Crippen LogP contribution in [0.2, 0.25) is 0 Å². The van der Waals surface area contributed by atoms with Crippen molar-refractivity contribution >= 4 is 63.8 Å². The molecule has 0 aromatic heterocycles. The molecule has 0 aliphatic carbocycles. The van der Waals surface area contributed by atoms with Gasteiger partial charge in [0.05, 0.1) is 0 Å². The molecule has 2 aromatic rings. The number of nitrogens with one attached hydrogen (secondary N) is 3. The molecule has 3 amide bonds. The van der Waals surface area contributed by atoms with Gasteiger partial charge in [-0.2, -0.15) is 0 Å². The SMILES string of the molecule is N[C@H](CCC(=O)N[C@H](CS[Se]c1ccccc1C(=O)Nc1ccccc1)C(=O)NCC(=O)O)C(=O)O. The molecule has 0 bridgehead atoms. The van der Waals surface area contributed by atoms with Crippen molar-refractivity contribution in [2.45, 2.75) is 24.9 Å². The molecule has 0 spiro atoms. The third-order valence-electron chi connectivity index (χ3n) is 4.61. The average Bonchev–Trinajstić information content (AvgIpc) is 2.85. The number of nitrogens with two attached hydrogens (primary N) is 1. The molecule has 13 heteroatoms. The van der Waals surface area contributed by atoms with Gasteiger partial charge in [0.2, 0.25) is 0 Å². The molecule has 7 N–H and O–H groups in total. The summed E-state index contributed by atoms with van der Waals surface area (Å²) < 4.78 is 0.770. The minimum atomic E-state index is -1.24. The topological polar surface area (TPSA) is 188 Å². The monoisotopic (exact) mass is 582 g/mol. The number of hydrogen-bond donors (Lipinski definition) is 6. The summed E-state index contributed by atoms with van der Waals surface area (Å²) in [6.07, 6.45) is -0.333. The van der Waals surface area contributed by atoms with Crippen LogP contribution in [-0.4, -0.2) is 78.1 Å². The Morgan fingerprint density at radius 3 is 2.31 bits per heavy atom. The summed E-state index contributed by atoms with van der Waals surface area (Å²) in [5, 5.41) is 25.2. The van der Waals surface area contributed by atoms with Gasteiger partial charge in [-0.25, -0.2) is 0 Å². The zero-order chi connectivity index (χ0) is 26.5. The van der Waals surface area contributed by atoms with Crippen LogP contribution in [0.4, 0.5) is 5.69 Å². The van der Waals surface area contributed by atoms with E-state index >= 15 is 0 Å². The van der Waals surface area contributed by atoms with Crippen LogP contribution in [-0.2, 0) is 19.2 Å². The van der Waals surface area contributed by atoms with E-state index in [1.165, 1.54) is 10.2 Å². The molecule has 0 saturated carbocycles. The predicted molar refractivity (Wildman–Crippen MR) is 136 cm³/mol. The van der Waals surface area contributed by atoms with E-state index in [0.717, 1.165) is 4.46 Å². The number of aliphatic carboxylic acids is 2. The number of rotatable bonds is 14. The molecular formula is C23H26N4O7SSe. The molecule has 36 heavy (non-hydrogen) atoms. The quantitative estimate of drug-likeness (QED) is 0.164. The van der Waals surface area contributed by atoms with E-state index in [9.17, 15) is 24.0 Å². The van der Waals surface area contributed by atoms with Gasteiger partial charge in [0, 0.05) is 0 Å². The van der Waals surface area contributed by atoms with Gasteiger partial charge in [-0.1, -0.05) is 0 Å². The molecule has 0 fully saturated rings. The van der Waals surface area contributed by atoms with E-state index < -0.39 is 42.4 Å². The summed E-state index contributed by atoms with van der Waals surface area (Å²) in [6, 6.07) is 13.8. The molecule has 192 valence electrons. The fraction of sp³-hybridized carbons (Fsp3) is 0.261. The zero-order valence-electron chi connectivity index (χ0n) is 19.0. The first-order chi connectivity index (χ1) is 17.2. The Labute approximate surface area is 216 Å². The van der Waals surface area contributed by atoms with Crippen LogP contribution in [0.25, 0.3) is 0 Å². The summed E-state index contributed by atoms with van der Waals surface area (Å²) in [5.41, 5.74) is 6.54. The summed E-state index contributed by atoms with van der Waals surface area (Å²) >= 11 is -0.327. The van der Waals surface area contributed by atoms with Gasteiger partial charge in [0.1, 0.15) is 0 Å². The van der Waals surface area contributed by atoms with Crippen molar-refractivity contribution in [3.8, 4) is 0 Å². The molecule has 0 aliphatic rings. The number of hydrogen-bond acceptors (Lipinski definition) is 7. The third-order valence-corrected chi connectivity index (χ3v) is 8.85. The van der Waals surface area contributed by atoms with Gasteiger partial charge in [-0.15, -0.1) is 0 Å². The van der Waals surface area contributed by atoms with E-state index in [-0.39, 0.29) is 38.3 Å². The van der Waals surface area contributed by atoms with Crippen LogP contribution in [0.1, 0.15) is 23.2 Å². The van der Waals surface area contributed by atoms with E-state index in [2.05, 4.69) is 16.0 Å². The maximum atomic E-state index is 12.8. The van der Waals surface area contributed by atoms with E-state index in [1.54, 1.807) is 48.5 Å². The Balaban J connectivity index is 2.01. The summed E-state index contributed by atoms with van der Waals surface area (Å²) in [6.45, 7) is -0.618. The fourth-order valence-electron chi connectivity index (χ4n) is 2.76. The summed E-state index contributed by atoms with van der Waals surface area (Å²) in [5.74, 6) is -3.93. The maximum absolute atomic E-state index is 12.8. The van der Waals surface area contributed by atoms with Crippen LogP contribution < -0.4 is 26.1 Å². The molecule has 11 nitrogen and oxygen atoms in total. The number of carboxylic acids is 2. The van der Waals surface area contributed by atoms with E-state index in [4.69, 9.17) is 15.9 Å². The number of carbonyl (C=O) groups excluding carboxylic acids is 3. The Hall–Kier alpha value is -3.38. The van der Waals surface area contributed by atoms with Gasteiger partial charge in [-0.3, -0.25) is 0 Å². The van der Waals surface area contributed by atoms with Crippen molar-refractivity contribution in [1.82, 2.24) is 10.6 Å². The number of amides is 3. The van der Waals surface area contributed by atoms with Crippen molar-refractivity contribution in [2.75, 3.05) is 17.6 Å². The third kappa shape index (κ3) is 10.1. The Kier molecular flexibility index (Phi) is 11.9. The van der Waals surface area contributed by atoms with Gasteiger partial charge in [-0.05, 0) is 0 Å². The van der Waals surface area contributed by atoms with Gasteiger partial charge in [0.15, 0.2) is 0 Å². The molecule has 0 unspecified atom stereocenters. The van der Waals surface area contributed by atoms with Gasteiger partial charge in [0.25, 0.3) is 0 Å². The molecule has 2 atom stereocenters. The number of carbonyl (C=O) groups is 5. The normalized spacial score (nSPS) is 12.1. The molecule has 0 radical (unpaired) electrons. The van der Waals surface area contributed by atoms with E-state index in [0.29, 0.717) is 11.3 Å². The van der Waals surface area contributed by atoms with Crippen molar-refractivity contribution in [1.29, 1.82) is 0 Å². The zero-order valence-corrected chi connectivity index (χ0v) is 21.5. The molecule has 0 saturated heterocycles. The Bertz CT molecular complexity index is 1090. The number of carboxylic acid groups (broad SMARTS) is 2. The second-order valence-corrected chi connectivity index (χ2v) is 11.6. The van der Waals surface area contributed by atoms with Crippen molar-refractivity contribution in [3.63, 3.8) is 0 Å². The van der Waals surface area contributed by atoms with Crippen molar-refractivity contribution in [3.05, 3.63) is 60.2 Å². The van der Waals surface area contributed by atoms with Crippen molar-refractivity contribution in [2.24, 2.45) is 5.73 Å². The minimum absolute atomic E-state index is 0.108.